The number of hydrogen-bond donors (Lipinski definition) is 1. The van der Waals surface area contributed by atoms with Gasteiger partial charge in [-0.3, -0.25) is 24.1 Å². The Morgan fingerprint density at radius 3 is 2.21 bits per heavy atom. The quantitative estimate of drug-likeness (QED) is 0.554. The molecule has 3 amide bonds. The molecule has 0 aromatic heterocycles. The van der Waals surface area contributed by atoms with E-state index in [1.165, 1.54) is 6.92 Å². The minimum atomic E-state index is -0.988. The van der Waals surface area contributed by atoms with Gasteiger partial charge in [0, 0.05) is 23.7 Å². The highest BCUT2D eigenvalue weighted by atomic mass is 35.5. The molecular formula is C21H19ClN2O5. The molecule has 0 saturated heterocycles. The van der Waals surface area contributed by atoms with Gasteiger partial charge in [0.25, 0.3) is 17.7 Å². The number of imide groups is 1. The number of nitrogens with one attached hydrogen (secondary N) is 1. The number of esters is 1. The maximum atomic E-state index is 12.3. The molecule has 0 bridgehead atoms. The fourth-order valence-electron chi connectivity index (χ4n) is 2.91. The highest BCUT2D eigenvalue weighted by Gasteiger charge is 2.34. The van der Waals surface area contributed by atoms with E-state index in [0.29, 0.717) is 21.8 Å². The third kappa shape index (κ3) is 4.81. The maximum absolute atomic E-state index is 12.3. The molecule has 0 aliphatic carbocycles. The van der Waals surface area contributed by atoms with E-state index < -0.39 is 18.0 Å². The van der Waals surface area contributed by atoms with Crippen LogP contribution in [0.4, 0.5) is 5.69 Å². The van der Waals surface area contributed by atoms with Gasteiger partial charge < -0.3 is 10.1 Å². The predicted octanol–water partition coefficient (Wildman–Crippen LogP) is 3.29. The summed E-state index contributed by atoms with van der Waals surface area (Å²) in [6.45, 7) is 1.57. The minimum absolute atomic E-state index is 0.0219. The van der Waals surface area contributed by atoms with Crippen LogP contribution in [0.2, 0.25) is 5.02 Å². The van der Waals surface area contributed by atoms with E-state index in [9.17, 15) is 19.2 Å². The molecule has 0 spiro atoms. The Balaban J connectivity index is 1.44. The number of rotatable bonds is 7. The highest BCUT2D eigenvalue weighted by Crippen LogP contribution is 2.22. The van der Waals surface area contributed by atoms with E-state index in [-0.39, 0.29) is 31.2 Å². The van der Waals surface area contributed by atoms with Gasteiger partial charge in [0.15, 0.2) is 6.10 Å². The van der Waals surface area contributed by atoms with Gasteiger partial charge in [0.05, 0.1) is 11.1 Å². The number of nitrogens with zero attached hydrogens (tertiary/aromatic N) is 1. The second-order valence-electron chi connectivity index (χ2n) is 6.54. The highest BCUT2D eigenvalue weighted by molar-refractivity contribution is 6.30. The summed E-state index contributed by atoms with van der Waals surface area (Å²) >= 11 is 5.79. The van der Waals surface area contributed by atoms with Crippen molar-refractivity contribution in [2.45, 2.75) is 25.9 Å². The molecular weight excluding hydrogens is 396 g/mol. The Labute approximate surface area is 172 Å². The van der Waals surface area contributed by atoms with Crippen LogP contribution in [-0.4, -0.2) is 41.2 Å². The van der Waals surface area contributed by atoms with Gasteiger partial charge in [-0.1, -0.05) is 23.7 Å². The first-order chi connectivity index (χ1) is 13.9. The van der Waals surface area contributed by atoms with Crippen molar-refractivity contribution in [3.05, 3.63) is 64.7 Å². The lowest BCUT2D eigenvalue weighted by atomic mass is 10.1. The lowest BCUT2D eigenvalue weighted by Gasteiger charge is -2.15. The number of benzene rings is 2. The van der Waals surface area contributed by atoms with Crippen molar-refractivity contribution in [2.24, 2.45) is 0 Å². The van der Waals surface area contributed by atoms with E-state index in [1.807, 2.05) is 0 Å². The van der Waals surface area contributed by atoms with Crippen LogP contribution in [0.3, 0.4) is 0 Å². The third-order valence-corrected chi connectivity index (χ3v) is 4.68. The summed E-state index contributed by atoms with van der Waals surface area (Å²) in [7, 11) is 0. The van der Waals surface area contributed by atoms with Crippen LogP contribution >= 0.6 is 11.6 Å². The summed E-state index contributed by atoms with van der Waals surface area (Å²) in [6, 6.07) is 13.1. The molecule has 1 atom stereocenters. The number of ether oxygens (including phenoxy) is 1. The van der Waals surface area contributed by atoms with E-state index in [0.717, 1.165) is 4.90 Å². The standard InChI is InChI=1S/C21H19ClN2O5/c1-13(19(26)23-15-10-8-14(22)9-11-15)29-18(25)7-4-12-24-20(27)16-5-2-3-6-17(16)21(24)28/h2-3,5-6,8-11,13H,4,7,12H2,1H3,(H,23,26)/t13-/m0/s1. The number of halogens is 1. The Morgan fingerprint density at radius 2 is 1.62 bits per heavy atom. The molecule has 3 rings (SSSR count). The van der Waals surface area contributed by atoms with Crippen molar-refractivity contribution in [3.63, 3.8) is 0 Å². The fraction of sp³-hybridized carbons (Fsp3) is 0.238. The lowest BCUT2D eigenvalue weighted by Crippen LogP contribution is -2.32. The molecule has 2 aromatic carbocycles. The predicted molar refractivity (Wildman–Crippen MR) is 107 cm³/mol. The summed E-state index contributed by atoms with van der Waals surface area (Å²) in [5.41, 5.74) is 1.27. The van der Waals surface area contributed by atoms with Gasteiger partial charge in [-0.2, -0.15) is 0 Å². The number of carbonyl (C=O) groups is 4. The molecule has 29 heavy (non-hydrogen) atoms. The summed E-state index contributed by atoms with van der Waals surface area (Å²) in [6.07, 6.45) is -0.764. The van der Waals surface area contributed by atoms with Crippen molar-refractivity contribution in [3.8, 4) is 0 Å². The average molecular weight is 415 g/mol. The maximum Gasteiger partial charge on any atom is 0.306 e. The lowest BCUT2D eigenvalue weighted by molar-refractivity contribution is -0.153. The number of fused-ring (bicyclic) bond motifs is 1. The first-order valence-electron chi connectivity index (χ1n) is 9.08. The largest absolute Gasteiger partial charge is 0.453 e. The number of carbonyl (C=O) groups excluding carboxylic acids is 4. The molecule has 1 aliphatic rings. The van der Waals surface area contributed by atoms with Crippen LogP contribution in [0.15, 0.2) is 48.5 Å². The molecule has 150 valence electrons. The van der Waals surface area contributed by atoms with Crippen LogP contribution in [-0.2, 0) is 14.3 Å². The molecule has 0 unspecified atom stereocenters. The molecule has 0 fully saturated rings. The fourth-order valence-corrected chi connectivity index (χ4v) is 3.04. The van der Waals surface area contributed by atoms with Crippen LogP contribution in [0.25, 0.3) is 0 Å². The van der Waals surface area contributed by atoms with Gasteiger partial charge in [-0.05, 0) is 49.7 Å². The summed E-state index contributed by atoms with van der Waals surface area (Å²) in [5.74, 6) is -1.79. The van der Waals surface area contributed by atoms with E-state index in [4.69, 9.17) is 16.3 Å². The second kappa shape index (κ2) is 8.87. The van der Waals surface area contributed by atoms with Crippen molar-refractivity contribution < 1.29 is 23.9 Å². The molecule has 2 aromatic rings. The molecule has 1 heterocycles. The Morgan fingerprint density at radius 1 is 1.03 bits per heavy atom. The van der Waals surface area contributed by atoms with Crippen LogP contribution in [0.5, 0.6) is 0 Å². The second-order valence-corrected chi connectivity index (χ2v) is 6.98. The van der Waals surface area contributed by atoms with Crippen molar-refractivity contribution in [2.75, 3.05) is 11.9 Å². The number of hydrogen-bond acceptors (Lipinski definition) is 5. The molecule has 8 heteroatoms. The van der Waals surface area contributed by atoms with Crippen LogP contribution in [0, 0.1) is 0 Å². The monoisotopic (exact) mass is 414 g/mol. The minimum Gasteiger partial charge on any atom is -0.453 e. The van der Waals surface area contributed by atoms with Crippen molar-refractivity contribution in [1.29, 1.82) is 0 Å². The van der Waals surface area contributed by atoms with Gasteiger partial charge in [-0.15, -0.1) is 0 Å². The topological polar surface area (TPSA) is 92.8 Å². The Hall–Kier alpha value is -3.19. The first-order valence-corrected chi connectivity index (χ1v) is 9.46. The van der Waals surface area contributed by atoms with E-state index in [1.54, 1.807) is 48.5 Å². The van der Waals surface area contributed by atoms with Crippen LogP contribution < -0.4 is 5.32 Å². The molecule has 0 radical (unpaired) electrons. The third-order valence-electron chi connectivity index (χ3n) is 4.43. The number of anilines is 1. The normalized spacial score (nSPS) is 13.8. The van der Waals surface area contributed by atoms with Gasteiger partial charge in [0.1, 0.15) is 0 Å². The molecule has 0 saturated carbocycles. The van der Waals surface area contributed by atoms with Crippen molar-refractivity contribution in [1.82, 2.24) is 4.90 Å². The average Bonchev–Trinajstić information content (AvgIpc) is 2.95. The Bertz CT molecular complexity index is 923. The zero-order valence-electron chi connectivity index (χ0n) is 15.7. The smallest absolute Gasteiger partial charge is 0.306 e. The van der Waals surface area contributed by atoms with Gasteiger partial charge >= 0.3 is 5.97 Å². The number of amides is 3. The zero-order valence-corrected chi connectivity index (χ0v) is 16.4. The van der Waals surface area contributed by atoms with Crippen LogP contribution in [0.1, 0.15) is 40.5 Å². The molecule has 1 aliphatic heterocycles. The van der Waals surface area contributed by atoms with Gasteiger partial charge in [0.2, 0.25) is 0 Å². The van der Waals surface area contributed by atoms with Gasteiger partial charge in [-0.25, -0.2) is 0 Å². The van der Waals surface area contributed by atoms with E-state index >= 15 is 0 Å². The molecule has 7 nitrogen and oxygen atoms in total. The zero-order chi connectivity index (χ0) is 21.0. The SMILES string of the molecule is C[C@H](OC(=O)CCCN1C(=O)c2ccccc2C1=O)C(=O)Nc1ccc(Cl)cc1. The molecule has 1 N–H and O–H groups in total. The first kappa shape index (κ1) is 20.5. The van der Waals surface area contributed by atoms with E-state index in [2.05, 4.69) is 5.32 Å². The summed E-state index contributed by atoms with van der Waals surface area (Å²) in [4.78, 5) is 49.8. The summed E-state index contributed by atoms with van der Waals surface area (Å²) < 4.78 is 5.12. The Kier molecular flexibility index (Phi) is 6.29. The van der Waals surface area contributed by atoms with Crippen molar-refractivity contribution >= 4 is 41.0 Å². The summed E-state index contributed by atoms with van der Waals surface area (Å²) in [5, 5.41) is 3.17.